The third-order valence-electron chi connectivity index (χ3n) is 7.73. The minimum absolute atomic E-state index is 0.0411. The van der Waals surface area contributed by atoms with E-state index in [1.807, 2.05) is 28.8 Å². The van der Waals surface area contributed by atoms with Gasteiger partial charge in [0.15, 0.2) is 9.84 Å². The number of likely N-dealkylation sites (tertiary alicyclic amines) is 1. The lowest BCUT2D eigenvalue weighted by atomic mass is 10.0. The van der Waals surface area contributed by atoms with Gasteiger partial charge in [-0.1, -0.05) is 18.1 Å². The summed E-state index contributed by atoms with van der Waals surface area (Å²) in [5.74, 6) is 6.42. The number of ether oxygens (including phenoxy) is 3. The second kappa shape index (κ2) is 15.0. The fourth-order valence-electron chi connectivity index (χ4n) is 5.48. The van der Waals surface area contributed by atoms with E-state index in [0.29, 0.717) is 30.9 Å². The molecule has 1 aliphatic heterocycles. The first-order valence-electron chi connectivity index (χ1n) is 16.3. The highest BCUT2D eigenvalue weighted by atomic mass is 32.2. The molecule has 50 heavy (non-hydrogen) atoms. The number of hydrogen-bond acceptors (Lipinski definition) is 8. The molecule has 1 saturated heterocycles. The maximum atomic E-state index is 15.4. The normalized spacial score (nSPS) is 16.6. The number of hydrogen-bond donors (Lipinski definition) is 1. The second-order valence-electron chi connectivity index (χ2n) is 14.1. The van der Waals surface area contributed by atoms with Gasteiger partial charge in [0.05, 0.1) is 48.0 Å². The number of piperidine rings is 1. The number of amides is 2. The molecule has 0 saturated carbocycles. The van der Waals surface area contributed by atoms with Crippen LogP contribution in [0, 0.1) is 11.8 Å². The summed E-state index contributed by atoms with van der Waals surface area (Å²) in [4.78, 5) is 28.7. The van der Waals surface area contributed by atoms with Crippen molar-refractivity contribution >= 4 is 44.3 Å². The highest BCUT2D eigenvalue weighted by Gasteiger charge is 2.34. The number of carbonyl (C=O) groups is 2. The number of aromatic nitrogens is 1. The van der Waals surface area contributed by atoms with E-state index in [1.165, 1.54) is 35.1 Å². The maximum absolute atomic E-state index is 15.4. The Morgan fingerprint density at radius 2 is 1.80 bits per heavy atom. The van der Waals surface area contributed by atoms with Crippen LogP contribution in [0.2, 0.25) is 0 Å². The minimum Gasteiger partial charge on any atom is -0.495 e. The van der Waals surface area contributed by atoms with E-state index in [9.17, 15) is 18.0 Å². The molecule has 13 heteroatoms. The number of methoxy groups -OCH3 is 1. The van der Waals surface area contributed by atoms with Gasteiger partial charge in [0.1, 0.15) is 23.1 Å². The Balaban J connectivity index is 1.64. The lowest BCUT2D eigenvalue weighted by Gasteiger charge is -2.36. The third-order valence-corrected chi connectivity index (χ3v) is 8.84. The van der Waals surface area contributed by atoms with Gasteiger partial charge in [0.25, 0.3) is 0 Å². The number of allylic oxidation sites excluding steroid dienone is 1. The van der Waals surface area contributed by atoms with Crippen LogP contribution in [-0.4, -0.2) is 86.5 Å². The number of rotatable bonds is 8. The summed E-state index contributed by atoms with van der Waals surface area (Å²) in [7, 11) is -2.14. The zero-order valence-electron chi connectivity index (χ0n) is 30.0. The summed E-state index contributed by atoms with van der Waals surface area (Å²) in [5.41, 5.74) is 1.02. The largest absolute Gasteiger partial charge is 0.495 e. The summed E-state index contributed by atoms with van der Waals surface area (Å²) in [6.07, 6.45) is 0.701. The molecule has 0 aliphatic carbocycles. The fraction of sp³-hybridized carbons (Fsp3) is 0.459. The van der Waals surface area contributed by atoms with E-state index < -0.39 is 45.4 Å². The van der Waals surface area contributed by atoms with Gasteiger partial charge in [-0.2, -0.15) is 0 Å². The van der Waals surface area contributed by atoms with E-state index >= 15 is 4.39 Å². The Hall–Kier alpha value is -4.70. The number of nitrogens with one attached hydrogen (secondary N) is 1. The SMILES string of the molecule is C=CCn1c(C#CCN(C(=O)OC(C)(C)C)c2ccc(S(C)(=O)=O)cc2OC)cc2c(NC3CCN(C(=O)OC(C)(C)C)CC3F)cccc21. The van der Waals surface area contributed by atoms with Gasteiger partial charge >= 0.3 is 12.2 Å². The number of nitrogens with zero attached hydrogens (tertiary/aromatic N) is 3. The Bertz CT molecular complexity index is 1920. The van der Waals surface area contributed by atoms with Gasteiger partial charge in [-0.3, -0.25) is 4.90 Å². The van der Waals surface area contributed by atoms with Gasteiger partial charge in [0, 0.05) is 36.5 Å². The predicted molar refractivity (Wildman–Crippen MR) is 193 cm³/mol. The van der Waals surface area contributed by atoms with Crippen LogP contribution >= 0.6 is 0 Å². The van der Waals surface area contributed by atoms with Crippen molar-refractivity contribution < 1.29 is 36.6 Å². The number of benzene rings is 2. The van der Waals surface area contributed by atoms with E-state index in [0.717, 1.165) is 22.8 Å². The zero-order valence-corrected chi connectivity index (χ0v) is 30.8. The Morgan fingerprint density at radius 1 is 1.10 bits per heavy atom. The molecule has 11 nitrogen and oxygen atoms in total. The first-order valence-corrected chi connectivity index (χ1v) is 18.2. The first-order chi connectivity index (χ1) is 23.3. The highest BCUT2D eigenvalue weighted by molar-refractivity contribution is 7.90. The van der Waals surface area contributed by atoms with Crippen LogP contribution < -0.4 is 15.0 Å². The number of sulfone groups is 1. The van der Waals surface area contributed by atoms with Crippen molar-refractivity contribution in [3.8, 4) is 17.6 Å². The van der Waals surface area contributed by atoms with Crippen molar-refractivity contribution in [3.63, 3.8) is 0 Å². The predicted octanol–water partition coefficient (Wildman–Crippen LogP) is 6.79. The molecular weight excluding hydrogens is 663 g/mol. The second-order valence-corrected chi connectivity index (χ2v) is 16.1. The van der Waals surface area contributed by atoms with Crippen molar-refractivity contribution in [2.45, 2.75) is 82.8 Å². The Kier molecular flexibility index (Phi) is 11.5. The van der Waals surface area contributed by atoms with Crippen LogP contribution in [0.5, 0.6) is 5.75 Å². The molecule has 2 amide bonds. The fourth-order valence-corrected chi connectivity index (χ4v) is 6.12. The molecule has 2 heterocycles. The van der Waals surface area contributed by atoms with Gasteiger partial charge < -0.3 is 29.0 Å². The summed E-state index contributed by atoms with van der Waals surface area (Å²) < 4.78 is 58.4. The number of carbonyl (C=O) groups excluding carboxylic acids is 2. The number of halogens is 1. The van der Waals surface area contributed by atoms with Crippen LogP contribution in [0.1, 0.15) is 53.7 Å². The minimum atomic E-state index is -3.53. The quantitative estimate of drug-likeness (QED) is 0.201. The number of fused-ring (bicyclic) bond motifs is 1. The average Bonchev–Trinajstić information content (AvgIpc) is 3.36. The zero-order chi connectivity index (χ0) is 37.0. The molecule has 0 radical (unpaired) electrons. The molecule has 0 bridgehead atoms. The van der Waals surface area contributed by atoms with Crippen molar-refractivity contribution in [2.75, 3.05) is 43.2 Å². The van der Waals surface area contributed by atoms with E-state index in [4.69, 9.17) is 14.2 Å². The van der Waals surface area contributed by atoms with Crippen molar-refractivity contribution in [1.29, 1.82) is 0 Å². The molecule has 1 aromatic heterocycles. The van der Waals surface area contributed by atoms with E-state index in [2.05, 4.69) is 23.7 Å². The molecule has 1 fully saturated rings. The average molecular weight is 711 g/mol. The molecular formula is C37H47FN4O7S. The summed E-state index contributed by atoms with van der Waals surface area (Å²) in [6.45, 7) is 15.1. The van der Waals surface area contributed by atoms with Gasteiger partial charge in [-0.05, 0) is 84.2 Å². The van der Waals surface area contributed by atoms with Crippen LogP contribution in [0.15, 0.2) is 60.0 Å². The number of alkyl halides is 1. The summed E-state index contributed by atoms with van der Waals surface area (Å²) >= 11 is 0. The lowest BCUT2D eigenvalue weighted by Crippen LogP contribution is -2.51. The van der Waals surface area contributed by atoms with Crippen LogP contribution in [0.4, 0.5) is 25.4 Å². The van der Waals surface area contributed by atoms with Crippen molar-refractivity contribution in [3.05, 3.63) is 60.8 Å². The molecule has 2 unspecified atom stereocenters. The molecule has 4 rings (SSSR count). The van der Waals surface area contributed by atoms with Gasteiger partial charge in [-0.15, -0.1) is 6.58 Å². The van der Waals surface area contributed by atoms with E-state index in [1.54, 1.807) is 47.6 Å². The number of anilines is 2. The van der Waals surface area contributed by atoms with Crippen LogP contribution in [0.3, 0.4) is 0 Å². The molecule has 3 aromatic rings. The topological polar surface area (TPSA) is 119 Å². The Morgan fingerprint density at radius 3 is 2.40 bits per heavy atom. The van der Waals surface area contributed by atoms with Crippen molar-refractivity contribution in [2.24, 2.45) is 0 Å². The van der Waals surface area contributed by atoms with E-state index in [-0.39, 0.29) is 23.7 Å². The third kappa shape index (κ3) is 9.50. The summed E-state index contributed by atoms with van der Waals surface area (Å²) in [6, 6.07) is 11.3. The van der Waals surface area contributed by atoms with Crippen LogP contribution in [0.25, 0.3) is 10.9 Å². The molecule has 1 aliphatic rings. The molecule has 2 atom stereocenters. The highest BCUT2D eigenvalue weighted by Crippen LogP contribution is 2.33. The first kappa shape index (κ1) is 38.1. The molecule has 1 N–H and O–H groups in total. The molecule has 2 aromatic carbocycles. The monoisotopic (exact) mass is 710 g/mol. The lowest BCUT2D eigenvalue weighted by molar-refractivity contribution is 0.0125. The molecule has 0 spiro atoms. The maximum Gasteiger partial charge on any atom is 0.415 e. The Labute approximate surface area is 294 Å². The molecule has 270 valence electrons. The van der Waals surface area contributed by atoms with Gasteiger partial charge in [0.2, 0.25) is 0 Å². The van der Waals surface area contributed by atoms with Gasteiger partial charge in [-0.25, -0.2) is 22.4 Å². The summed E-state index contributed by atoms with van der Waals surface area (Å²) in [5, 5.41) is 4.18. The standard InChI is InChI=1S/C37H47FN4O7S/c1-10-19-41-25(13-12-20-42(35(44)49-37(5,6)7)32-17-16-26(50(9,45)46)23-33(32)47-8)22-27-29(14-11-15-31(27)41)39-30-18-21-40(24-28(30)38)34(43)48-36(2,3)4/h10-11,14-17,22-23,28,30,39H,1,18-21,24H2,2-9H3. The van der Waals surface area contributed by atoms with Crippen LogP contribution in [-0.2, 0) is 25.9 Å². The van der Waals surface area contributed by atoms with Crippen molar-refractivity contribution in [1.82, 2.24) is 9.47 Å². The smallest absolute Gasteiger partial charge is 0.415 e.